The molecule has 0 heterocycles. The van der Waals surface area contributed by atoms with E-state index in [9.17, 15) is 0 Å². The van der Waals surface area contributed by atoms with Gasteiger partial charge in [-0.3, -0.25) is 0 Å². The fraction of sp³-hybridized carbons (Fsp3) is 1.00. The summed E-state index contributed by atoms with van der Waals surface area (Å²) in [4.78, 5) is 2.36. The van der Waals surface area contributed by atoms with Gasteiger partial charge in [-0.15, -0.1) is 0 Å². The van der Waals surface area contributed by atoms with E-state index in [1.165, 1.54) is 25.8 Å². The Kier molecular flexibility index (Phi) is 5.62. The molecule has 15 heavy (non-hydrogen) atoms. The number of rotatable bonds is 5. The minimum atomic E-state index is 0.772. The van der Waals surface area contributed by atoms with Crippen molar-refractivity contribution in [3.63, 3.8) is 0 Å². The Morgan fingerprint density at radius 3 is 2.27 bits per heavy atom. The monoisotopic (exact) mass is 212 g/mol. The third-order valence-corrected chi connectivity index (χ3v) is 3.64. The van der Waals surface area contributed by atoms with E-state index < -0.39 is 0 Å². The molecule has 0 bridgehead atoms. The van der Waals surface area contributed by atoms with Crippen LogP contribution in [0, 0.1) is 11.8 Å². The minimum absolute atomic E-state index is 0.772. The normalized spacial score (nSPS) is 32.2. The summed E-state index contributed by atoms with van der Waals surface area (Å²) < 4.78 is 0. The van der Waals surface area contributed by atoms with Gasteiger partial charge < -0.3 is 10.2 Å². The smallest absolute Gasteiger partial charge is 0.0104 e. The van der Waals surface area contributed by atoms with Crippen LogP contribution in [0.4, 0.5) is 0 Å². The molecule has 0 aliphatic heterocycles. The molecule has 1 fully saturated rings. The molecule has 1 rings (SSSR count). The minimum Gasteiger partial charge on any atom is -0.313 e. The van der Waals surface area contributed by atoms with Crippen LogP contribution in [0.1, 0.15) is 40.0 Å². The summed E-state index contributed by atoms with van der Waals surface area (Å²) in [6.45, 7) is 10.5. The molecular weight excluding hydrogens is 184 g/mol. The van der Waals surface area contributed by atoms with Gasteiger partial charge in [-0.2, -0.15) is 0 Å². The van der Waals surface area contributed by atoms with Gasteiger partial charge in [0.05, 0.1) is 0 Å². The molecule has 1 aliphatic carbocycles. The first-order valence-electron chi connectivity index (χ1n) is 6.53. The van der Waals surface area contributed by atoms with Crippen LogP contribution in [0.5, 0.6) is 0 Å². The Morgan fingerprint density at radius 1 is 1.13 bits per heavy atom. The summed E-state index contributed by atoms with van der Waals surface area (Å²) in [5, 5.41) is 3.71. The lowest BCUT2D eigenvalue weighted by Gasteiger charge is -2.32. The van der Waals surface area contributed by atoms with E-state index in [0.29, 0.717) is 0 Å². The molecule has 2 unspecified atom stereocenters. The molecule has 1 N–H and O–H groups in total. The number of hydrogen-bond donors (Lipinski definition) is 1. The van der Waals surface area contributed by atoms with Gasteiger partial charge in [0, 0.05) is 19.1 Å². The molecular formula is C13H28N2. The molecule has 0 aromatic rings. The lowest BCUT2D eigenvalue weighted by Crippen LogP contribution is -2.40. The molecule has 0 radical (unpaired) electrons. The molecule has 0 aromatic carbocycles. The second-order valence-electron chi connectivity index (χ2n) is 5.46. The van der Waals surface area contributed by atoms with E-state index >= 15 is 0 Å². The maximum Gasteiger partial charge on any atom is 0.0104 e. The van der Waals surface area contributed by atoms with E-state index in [1.54, 1.807) is 0 Å². The number of nitrogens with one attached hydrogen (secondary N) is 1. The first kappa shape index (κ1) is 13.0. The van der Waals surface area contributed by atoms with Crippen molar-refractivity contribution in [2.75, 3.05) is 26.7 Å². The number of hydrogen-bond acceptors (Lipinski definition) is 2. The molecule has 0 saturated heterocycles. The van der Waals surface area contributed by atoms with Crippen LogP contribution < -0.4 is 5.32 Å². The van der Waals surface area contributed by atoms with Gasteiger partial charge in [0.15, 0.2) is 0 Å². The highest BCUT2D eigenvalue weighted by Crippen LogP contribution is 2.28. The van der Waals surface area contributed by atoms with Gasteiger partial charge in [-0.1, -0.05) is 20.8 Å². The molecule has 90 valence electrons. The van der Waals surface area contributed by atoms with Crippen LogP contribution in [0.3, 0.4) is 0 Å². The van der Waals surface area contributed by atoms with Gasteiger partial charge in [0.2, 0.25) is 0 Å². The van der Waals surface area contributed by atoms with Crippen LogP contribution >= 0.6 is 0 Å². The predicted octanol–water partition coefficient (Wildman–Crippen LogP) is 2.35. The van der Waals surface area contributed by atoms with Crippen molar-refractivity contribution >= 4 is 0 Å². The molecule has 0 spiro atoms. The highest BCUT2D eigenvalue weighted by atomic mass is 15.1. The van der Waals surface area contributed by atoms with Gasteiger partial charge >= 0.3 is 0 Å². The number of likely N-dealkylation sites (N-methyl/N-ethyl adjacent to an activating group) is 1. The second kappa shape index (κ2) is 6.49. The molecule has 1 aliphatic rings. The quantitative estimate of drug-likeness (QED) is 0.752. The van der Waals surface area contributed by atoms with Crippen molar-refractivity contribution in [2.45, 2.75) is 46.1 Å². The van der Waals surface area contributed by atoms with E-state index in [2.05, 4.69) is 38.0 Å². The predicted molar refractivity (Wildman–Crippen MR) is 67.1 cm³/mol. The Labute approximate surface area is 95.4 Å². The van der Waals surface area contributed by atoms with E-state index in [4.69, 9.17) is 0 Å². The molecule has 1 saturated carbocycles. The maximum absolute atomic E-state index is 3.71. The summed E-state index contributed by atoms with van der Waals surface area (Å²) in [6.07, 6.45) is 4.17. The summed E-state index contributed by atoms with van der Waals surface area (Å²) >= 11 is 0. The molecule has 2 heteroatoms. The van der Waals surface area contributed by atoms with Crippen LogP contribution in [0.15, 0.2) is 0 Å². The topological polar surface area (TPSA) is 15.3 Å². The van der Waals surface area contributed by atoms with Gasteiger partial charge in [-0.05, 0) is 44.7 Å². The van der Waals surface area contributed by atoms with Crippen molar-refractivity contribution < 1.29 is 0 Å². The lowest BCUT2D eigenvalue weighted by atomic mass is 9.80. The third-order valence-electron chi connectivity index (χ3n) is 3.64. The second-order valence-corrected chi connectivity index (χ2v) is 5.46. The summed E-state index contributed by atoms with van der Waals surface area (Å²) in [7, 11) is 2.19. The standard InChI is InChI=1S/C13H28N2/c1-5-15(4)7-6-14-13-9-11(2)8-12(3)10-13/h11-14H,5-10H2,1-4H3. The first-order chi connectivity index (χ1) is 7.11. The summed E-state index contributed by atoms with van der Waals surface area (Å²) in [5.41, 5.74) is 0. The van der Waals surface area contributed by atoms with E-state index in [0.717, 1.165) is 31.0 Å². The Hall–Kier alpha value is -0.0800. The van der Waals surface area contributed by atoms with E-state index in [-0.39, 0.29) is 0 Å². The van der Waals surface area contributed by atoms with Crippen molar-refractivity contribution in [1.82, 2.24) is 10.2 Å². The van der Waals surface area contributed by atoms with Gasteiger partial charge in [-0.25, -0.2) is 0 Å². The van der Waals surface area contributed by atoms with E-state index in [1.807, 2.05) is 0 Å². The van der Waals surface area contributed by atoms with Crippen LogP contribution in [0.25, 0.3) is 0 Å². The largest absolute Gasteiger partial charge is 0.313 e. The van der Waals surface area contributed by atoms with Crippen molar-refractivity contribution in [3.05, 3.63) is 0 Å². The molecule has 0 amide bonds. The highest BCUT2D eigenvalue weighted by molar-refractivity contribution is 4.79. The Bertz CT molecular complexity index is 160. The molecule has 2 atom stereocenters. The SMILES string of the molecule is CCN(C)CCNC1CC(C)CC(C)C1. The molecule has 2 nitrogen and oxygen atoms in total. The maximum atomic E-state index is 3.71. The van der Waals surface area contributed by atoms with Gasteiger partial charge in [0.25, 0.3) is 0 Å². The van der Waals surface area contributed by atoms with Crippen molar-refractivity contribution in [1.29, 1.82) is 0 Å². The average molecular weight is 212 g/mol. The third kappa shape index (κ3) is 4.98. The van der Waals surface area contributed by atoms with Gasteiger partial charge in [0.1, 0.15) is 0 Å². The van der Waals surface area contributed by atoms with Crippen LogP contribution in [0.2, 0.25) is 0 Å². The van der Waals surface area contributed by atoms with Crippen molar-refractivity contribution in [2.24, 2.45) is 11.8 Å². The summed E-state index contributed by atoms with van der Waals surface area (Å²) in [5.74, 6) is 1.82. The van der Waals surface area contributed by atoms with Crippen LogP contribution in [-0.4, -0.2) is 37.6 Å². The highest BCUT2D eigenvalue weighted by Gasteiger charge is 2.23. The fourth-order valence-electron chi connectivity index (χ4n) is 2.73. The lowest BCUT2D eigenvalue weighted by molar-refractivity contribution is 0.232. The average Bonchev–Trinajstić information content (AvgIpc) is 2.16. The molecule has 0 aromatic heterocycles. The first-order valence-corrected chi connectivity index (χ1v) is 6.53. The fourth-order valence-corrected chi connectivity index (χ4v) is 2.73. The number of nitrogens with zero attached hydrogens (tertiary/aromatic N) is 1. The van der Waals surface area contributed by atoms with Crippen LogP contribution in [-0.2, 0) is 0 Å². The Balaban J connectivity index is 2.15. The zero-order valence-corrected chi connectivity index (χ0v) is 10.9. The zero-order valence-electron chi connectivity index (χ0n) is 10.9. The zero-order chi connectivity index (χ0) is 11.3. The Morgan fingerprint density at radius 2 is 1.73 bits per heavy atom. The summed E-state index contributed by atoms with van der Waals surface area (Å²) in [6, 6.07) is 0.772. The van der Waals surface area contributed by atoms with Crippen molar-refractivity contribution in [3.8, 4) is 0 Å².